The maximum atomic E-state index is 11.4. The van der Waals surface area contributed by atoms with Gasteiger partial charge in [-0.25, -0.2) is 9.59 Å². The molecule has 0 saturated carbocycles. The van der Waals surface area contributed by atoms with E-state index in [9.17, 15) is 9.59 Å². The van der Waals surface area contributed by atoms with Gasteiger partial charge in [0.25, 0.3) is 0 Å². The van der Waals surface area contributed by atoms with Gasteiger partial charge in [-0.05, 0) is 31.4 Å². The molecule has 23 heavy (non-hydrogen) atoms. The molecule has 1 aromatic rings. The largest absolute Gasteiger partial charge is 0.458 e. The van der Waals surface area contributed by atoms with E-state index >= 15 is 0 Å². The monoisotopic (exact) mass is 320 g/mol. The van der Waals surface area contributed by atoms with Crippen molar-refractivity contribution in [2.24, 2.45) is 16.1 Å². The van der Waals surface area contributed by atoms with Gasteiger partial charge in [0.2, 0.25) is 0 Å². The molecule has 126 valence electrons. The average Bonchev–Trinajstić information content (AvgIpc) is 2.55. The predicted octanol–water partition coefficient (Wildman–Crippen LogP) is 5.30. The minimum absolute atomic E-state index is 0.293. The first-order chi connectivity index (χ1) is 11.0. The number of unbranched alkanes of at least 4 members (excludes halogenated alkanes) is 1. The molecule has 0 saturated heterocycles. The summed E-state index contributed by atoms with van der Waals surface area (Å²) < 4.78 is 9.91. The van der Waals surface area contributed by atoms with Crippen molar-refractivity contribution in [2.75, 3.05) is 6.61 Å². The highest BCUT2D eigenvalue weighted by Gasteiger charge is 2.10. The number of hydrogen-bond acceptors (Lipinski definition) is 4. The van der Waals surface area contributed by atoms with Crippen LogP contribution in [0.4, 0.5) is 9.59 Å². The van der Waals surface area contributed by atoms with Gasteiger partial charge in [-0.1, -0.05) is 61.0 Å². The molecule has 2 amide bonds. The van der Waals surface area contributed by atoms with Crippen molar-refractivity contribution in [1.82, 2.24) is 0 Å². The van der Waals surface area contributed by atoms with E-state index in [1.165, 1.54) is 0 Å². The van der Waals surface area contributed by atoms with Crippen molar-refractivity contribution >= 4 is 12.2 Å². The Labute approximate surface area is 136 Å². The van der Waals surface area contributed by atoms with E-state index in [2.05, 4.69) is 24.1 Å². The van der Waals surface area contributed by atoms with E-state index in [-0.39, 0.29) is 0 Å². The van der Waals surface area contributed by atoms with Crippen LogP contribution < -0.4 is 4.74 Å². The van der Waals surface area contributed by atoms with E-state index in [1.54, 1.807) is 24.3 Å². The number of hydrogen-bond donors (Lipinski definition) is 0. The van der Waals surface area contributed by atoms with Crippen molar-refractivity contribution in [3.05, 3.63) is 29.8 Å². The quantitative estimate of drug-likeness (QED) is 0.639. The molecule has 1 aromatic carbocycles. The molecular weight excluding hydrogens is 296 g/mol. The number of benzene rings is 1. The first-order valence-corrected chi connectivity index (χ1v) is 7.92. The normalized spacial score (nSPS) is 12.1. The molecule has 1 atom stereocenters. The Kier molecular flexibility index (Phi) is 8.57. The topological polar surface area (TPSA) is 77.3 Å². The molecule has 0 spiro atoms. The van der Waals surface area contributed by atoms with Crippen molar-refractivity contribution < 1.29 is 19.1 Å². The van der Waals surface area contributed by atoms with Crippen LogP contribution in [0, 0.1) is 12.8 Å². The molecule has 1 rings (SSSR count). The Morgan fingerprint density at radius 3 is 2.35 bits per heavy atom. The van der Waals surface area contributed by atoms with Crippen LogP contribution in [0.3, 0.4) is 0 Å². The van der Waals surface area contributed by atoms with Gasteiger partial charge in [-0.15, -0.1) is 0 Å². The summed E-state index contributed by atoms with van der Waals surface area (Å²) in [5.41, 5.74) is 1.04. The molecule has 0 aromatic heterocycles. The second-order valence-corrected chi connectivity index (χ2v) is 5.37. The van der Waals surface area contributed by atoms with Gasteiger partial charge >= 0.3 is 12.2 Å². The third-order valence-corrected chi connectivity index (χ3v) is 3.43. The molecule has 0 radical (unpaired) electrons. The van der Waals surface area contributed by atoms with Gasteiger partial charge < -0.3 is 9.47 Å². The number of amides is 2. The lowest BCUT2D eigenvalue weighted by Crippen LogP contribution is -2.11. The number of carbonyl (C=O) groups excluding carboxylic acids is 2. The predicted molar refractivity (Wildman–Crippen MR) is 86.7 cm³/mol. The summed E-state index contributed by atoms with van der Waals surface area (Å²) in [6.45, 7) is 6.38. The first-order valence-electron chi connectivity index (χ1n) is 7.92. The molecule has 0 aliphatic rings. The van der Waals surface area contributed by atoms with E-state index < -0.39 is 12.2 Å². The molecule has 0 N–H and O–H groups in total. The number of azo groups is 1. The molecule has 0 aliphatic heterocycles. The van der Waals surface area contributed by atoms with Crippen molar-refractivity contribution in [2.45, 2.75) is 46.5 Å². The summed E-state index contributed by atoms with van der Waals surface area (Å²) in [4.78, 5) is 22.9. The summed E-state index contributed by atoms with van der Waals surface area (Å²) >= 11 is 0. The highest BCUT2D eigenvalue weighted by molar-refractivity contribution is 5.74. The number of ether oxygens (including phenoxy) is 2. The fourth-order valence-corrected chi connectivity index (χ4v) is 1.93. The molecule has 0 aliphatic carbocycles. The first kappa shape index (κ1) is 18.8. The minimum Gasteiger partial charge on any atom is -0.447 e. The minimum atomic E-state index is -0.955. The lowest BCUT2D eigenvalue weighted by Gasteiger charge is -2.12. The van der Waals surface area contributed by atoms with E-state index in [0.717, 1.165) is 31.2 Å². The number of aryl methyl sites for hydroxylation is 1. The molecule has 0 heterocycles. The van der Waals surface area contributed by atoms with Crippen LogP contribution in [0.25, 0.3) is 0 Å². The summed E-state index contributed by atoms with van der Waals surface area (Å²) in [5, 5.41) is 6.41. The Morgan fingerprint density at radius 2 is 1.74 bits per heavy atom. The number of rotatable bonds is 7. The second-order valence-electron chi connectivity index (χ2n) is 5.37. The smallest absolute Gasteiger partial charge is 0.447 e. The van der Waals surface area contributed by atoms with Crippen LogP contribution in [-0.2, 0) is 4.74 Å². The maximum Gasteiger partial charge on any atom is 0.458 e. The fraction of sp³-hybridized carbons (Fsp3) is 0.529. The lowest BCUT2D eigenvalue weighted by molar-refractivity contribution is 0.130. The van der Waals surface area contributed by atoms with Crippen LogP contribution in [0.15, 0.2) is 34.5 Å². The number of carbonyl (C=O) groups is 2. The molecule has 6 heteroatoms. The summed E-state index contributed by atoms with van der Waals surface area (Å²) in [5.74, 6) is 0.659. The Hall–Kier alpha value is -2.24. The zero-order chi connectivity index (χ0) is 17.1. The maximum absolute atomic E-state index is 11.4. The molecular formula is C17H24N2O4. The van der Waals surface area contributed by atoms with Crippen LogP contribution in [-0.4, -0.2) is 18.8 Å². The fourth-order valence-electron chi connectivity index (χ4n) is 1.93. The van der Waals surface area contributed by atoms with Gasteiger partial charge in [0.15, 0.2) is 0 Å². The summed E-state index contributed by atoms with van der Waals surface area (Å²) in [7, 11) is 0. The molecule has 0 bridgehead atoms. The highest BCUT2D eigenvalue weighted by atomic mass is 16.6. The van der Waals surface area contributed by atoms with E-state index in [0.29, 0.717) is 18.3 Å². The van der Waals surface area contributed by atoms with Crippen LogP contribution in [0.5, 0.6) is 5.75 Å². The van der Waals surface area contributed by atoms with Gasteiger partial charge in [0.1, 0.15) is 5.75 Å². The van der Waals surface area contributed by atoms with Gasteiger partial charge in [0, 0.05) is 0 Å². The van der Waals surface area contributed by atoms with E-state index in [4.69, 9.17) is 9.47 Å². The lowest BCUT2D eigenvalue weighted by atomic mass is 10.0. The van der Waals surface area contributed by atoms with Gasteiger partial charge in [-0.3, -0.25) is 0 Å². The second kappa shape index (κ2) is 10.5. The Morgan fingerprint density at radius 1 is 1.09 bits per heavy atom. The molecule has 0 fully saturated rings. The SMILES string of the molecule is CCCCC(CC)COC(=O)/N=N/C(=O)Oc1ccc(C)cc1. The summed E-state index contributed by atoms with van der Waals surface area (Å²) in [6, 6.07) is 6.88. The van der Waals surface area contributed by atoms with Crippen LogP contribution in [0.1, 0.15) is 45.1 Å². The Bertz CT molecular complexity index is 526. The number of nitrogens with zero attached hydrogens (tertiary/aromatic N) is 2. The average molecular weight is 320 g/mol. The van der Waals surface area contributed by atoms with Crippen LogP contribution in [0.2, 0.25) is 0 Å². The highest BCUT2D eigenvalue weighted by Crippen LogP contribution is 2.14. The molecule has 6 nitrogen and oxygen atoms in total. The molecule has 1 unspecified atom stereocenters. The third-order valence-electron chi connectivity index (χ3n) is 3.43. The zero-order valence-corrected chi connectivity index (χ0v) is 13.9. The van der Waals surface area contributed by atoms with E-state index in [1.807, 2.05) is 6.92 Å². The van der Waals surface area contributed by atoms with Gasteiger partial charge in [-0.2, -0.15) is 0 Å². The van der Waals surface area contributed by atoms with Gasteiger partial charge in [0.05, 0.1) is 6.61 Å². The van der Waals surface area contributed by atoms with Crippen molar-refractivity contribution in [3.63, 3.8) is 0 Å². The standard InChI is InChI=1S/C17H24N2O4/c1-4-6-7-14(5-2)12-22-16(20)18-19-17(21)23-15-10-8-13(3)9-11-15/h8-11,14H,4-7,12H2,1-3H3/b19-18+. The Balaban J connectivity index is 2.36. The summed E-state index contributed by atoms with van der Waals surface area (Å²) in [6.07, 6.45) is 2.31. The van der Waals surface area contributed by atoms with Crippen LogP contribution >= 0.6 is 0 Å². The van der Waals surface area contributed by atoms with Crippen molar-refractivity contribution in [1.29, 1.82) is 0 Å². The third kappa shape index (κ3) is 8.09. The van der Waals surface area contributed by atoms with Crippen molar-refractivity contribution in [3.8, 4) is 5.75 Å². The zero-order valence-electron chi connectivity index (χ0n) is 13.9.